The lowest BCUT2D eigenvalue weighted by atomic mass is 10.2. The maximum Gasteiger partial charge on any atom is 0.264 e. The van der Waals surface area contributed by atoms with Crippen molar-refractivity contribution in [3.8, 4) is 5.75 Å². The van der Waals surface area contributed by atoms with Gasteiger partial charge in [-0.1, -0.05) is 13.8 Å². The Balaban J connectivity index is 2.37. The highest BCUT2D eigenvalue weighted by molar-refractivity contribution is 7.92. The van der Waals surface area contributed by atoms with Crippen LogP contribution in [0.4, 0.5) is 10.1 Å². The number of benzene rings is 2. The van der Waals surface area contributed by atoms with Gasteiger partial charge in [-0.05, 0) is 68.3 Å². The Labute approximate surface area is 171 Å². The highest BCUT2D eigenvalue weighted by Gasteiger charge is 2.27. The lowest BCUT2D eigenvalue weighted by Crippen LogP contribution is -2.44. The fourth-order valence-corrected chi connectivity index (χ4v) is 4.24. The molecule has 0 heterocycles. The molecule has 6 nitrogen and oxygen atoms in total. The first-order valence-electron chi connectivity index (χ1n) is 9.62. The molecule has 0 bridgehead atoms. The molecule has 0 radical (unpaired) electrons. The number of nitrogens with one attached hydrogen (secondary N) is 1. The normalized spacial score (nSPS) is 11.3. The van der Waals surface area contributed by atoms with Gasteiger partial charge in [0.1, 0.15) is 18.1 Å². The van der Waals surface area contributed by atoms with Crippen molar-refractivity contribution >= 4 is 21.6 Å². The van der Waals surface area contributed by atoms with Crippen LogP contribution in [0.1, 0.15) is 33.6 Å². The monoisotopic (exact) mass is 422 g/mol. The van der Waals surface area contributed by atoms with E-state index in [0.29, 0.717) is 12.4 Å². The van der Waals surface area contributed by atoms with Crippen molar-refractivity contribution in [1.29, 1.82) is 0 Å². The second kappa shape index (κ2) is 10.2. The molecule has 0 saturated heterocycles. The third-order valence-electron chi connectivity index (χ3n) is 4.48. The van der Waals surface area contributed by atoms with E-state index in [0.717, 1.165) is 29.3 Å². The molecule has 0 fully saturated rings. The van der Waals surface area contributed by atoms with E-state index in [4.69, 9.17) is 4.74 Å². The number of carbonyl (C=O) groups is 1. The molecule has 158 valence electrons. The van der Waals surface area contributed by atoms with Crippen molar-refractivity contribution < 1.29 is 22.3 Å². The van der Waals surface area contributed by atoms with Gasteiger partial charge in [0.15, 0.2) is 0 Å². The molecule has 1 amide bonds. The van der Waals surface area contributed by atoms with Crippen LogP contribution in [0.3, 0.4) is 0 Å². The molecule has 0 aliphatic rings. The van der Waals surface area contributed by atoms with E-state index in [2.05, 4.69) is 5.32 Å². The molecule has 2 aromatic rings. The summed E-state index contributed by atoms with van der Waals surface area (Å²) in [5, 5.41) is 2.84. The van der Waals surface area contributed by atoms with Gasteiger partial charge < -0.3 is 10.1 Å². The number of carbonyl (C=O) groups excluding carboxylic acids is 1. The van der Waals surface area contributed by atoms with Gasteiger partial charge in [0.25, 0.3) is 10.0 Å². The largest absolute Gasteiger partial charge is 0.494 e. The van der Waals surface area contributed by atoms with E-state index in [-0.39, 0.29) is 16.6 Å². The first-order chi connectivity index (χ1) is 13.8. The number of nitrogens with zero attached hydrogens (tertiary/aromatic N) is 1. The minimum atomic E-state index is -4.05. The van der Waals surface area contributed by atoms with E-state index in [1.54, 1.807) is 12.1 Å². The molecular weight excluding hydrogens is 395 g/mol. The number of anilines is 1. The smallest absolute Gasteiger partial charge is 0.264 e. The number of hydrogen-bond acceptors (Lipinski definition) is 4. The van der Waals surface area contributed by atoms with Gasteiger partial charge in [-0.2, -0.15) is 0 Å². The summed E-state index contributed by atoms with van der Waals surface area (Å²) in [5.74, 6) is -0.363. The molecule has 0 aliphatic carbocycles. The zero-order valence-corrected chi connectivity index (χ0v) is 17.7. The number of ether oxygens (including phenoxy) is 1. The minimum Gasteiger partial charge on any atom is -0.494 e. The van der Waals surface area contributed by atoms with Crippen molar-refractivity contribution in [2.24, 2.45) is 0 Å². The first-order valence-corrected chi connectivity index (χ1v) is 11.1. The van der Waals surface area contributed by atoms with Gasteiger partial charge in [-0.15, -0.1) is 0 Å². The maximum atomic E-state index is 13.4. The van der Waals surface area contributed by atoms with Gasteiger partial charge in [0.2, 0.25) is 5.91 Å². The molecule has 0 aliphatic heterocycles. The highest BCUT2D eigenvalue weighted by Crippen LogP contribution is 2.25. The van der Waals surface area contributed by atoms with Crippen LogP contribution in [0.25, 0.3) is 0 Å². The third-order valence-corrected chi connectivity index (χ3v) is 6.26. The Hall–Kier alpha value is -2.61. The summed E-state index contributed by atoms with van der Waals surface area (Å²) >= 11 is 0. The Bertz CT molecular complexity index is 895. The lowest BCUT2D eigenvalue weighted by Gasteiger charge is -2.25. The number of amides is 1. The van der Waals surface area contributed by atoms with Crippen molar-refractivity contribution in [1.82, 2.24) is 5.32 Å². The number of sulfonamides is 1. The van der Waals surface area contributed by atoms with Crippen LogP contribution < -0.4 is 14.4 Å². The number of halogens is 1. The van der Waals surface area contributed by atoms with Crippen molar-refractivity contribution in [2.75, 3.05) is 17.5 Å². The molecule has 0 saturated carbocycles. The molecule has 0 atom stereocenters. The quantitative estimate of drug-likeness (QED) is 0.633. The average molecular weight is 423 g/mol. The molecule has 2 aromatic carbocycles. The number of rotatable bonds is 10. The van der Waals surface area contributed by atoms with E-state index in [9.17, 15) is 17.6 Å². The molecule has 0 aromatic heterocycles. The molecule has 8 heteroatoms. The summed E-state index contributed by atoms with van der Waals surface area (Å²) in [4.78, 5) is 12.5. The highest BCUT2D eigenvalue weighted by atomic mass is 32.2. The lowest BCUT2D eigenvalue weighted by molar-refractivity contribution is -0.120. The van der Waals surface area contributed by atoms with E-state index >= 15 is 0 Å². The predicted octanol–water partition coefficient (Wildman–Crippen LogP) is 3.72. The molecule has 0 unspecified atom stereocenters. The van der Waals surface area contributed by atoms with Crippen LogP contribution in [-0.2, 0) is 14.8 Å². The zero-order valence-electron chi connectivity index (χ0n) is 16.9. The van der Waals surface area contributed by atoms with Gasteiger partial charge in [-0.25, -0.2) is 12.8 Å². The van der Waals surface area contributed by atoms with Crippen LogP contribution in [-0.4, -0.2) is 33.5 Å². The summed E-state index contributed by atoms with van der Waals surface area (Å²) in [6.07, 6.45) is 1.48. The van der Waals surface area contributed by atoms with Crippen LogP contribution in [0.5, 0.6) is 5.75 Å². The van der Waals surface area contributed by atoms with Crippen molar-refractivity contribution in [3.05, 3.63) is 54.3 Å². The van der Waals surface area contributed by atoms with Gasteiger partial charge >= 0.3 is 0 Å². The first kappa shape index (κ1) is 22.7. The Morgan fingerprint density at radius 2 is 1.62 bits per heavy atom. The molecule has 0 spiro atoms. The zero-order chi connectivity index (χ0) is 21.4. The Morgan fingerprint density at radius 3 is 2.14 bits per heavy atom. The fraction of sp³-hybridized carbons (Fsp3) is 0.381. The summed E-state index contributed by atoms with van der Waals surface area (Å²) < 4.78 is 46.2. The van der Waals surface area contributed by atoms with E-state index in [1.807, 2.05) is 20.8 Å². The summed E-state index contributed by atoms with van der Waals surface area (Å²) in [5.41, 5.74) is 0.208. The van der Waals surface area contributed by atoms with E-state index < -0.39 is 28.3 Å². The van der Waals surface area contributed by atoms with Crippen LogP contribution in [0, 0.1) is 5.82 Å². The van der Waals surface area contributed by atoms with Gasteiger partial charge in [0.05, 0.1) is 17.2 Å². The van der Waals surface area contributed by atoms with Crippen molar-refractivity contribution in [2.45, 2.75) is 44.6 Å². The Morgan fingerprint density at radius 1 is 1.03 bits per heavy atom. The van der Waals surface area contributed by atoms with Crippen LogP contribution in [0.2, 0.25) is 0 Å². The van der Waals surface area contributed by atoms with Crippen LogP contribution >= 0.6 is 0 Å². The maximum absolute atomic E-state index is 13.4. The molecule has 2 rings (SSSR count). The summed E-state index contributed by atoms with van der Waals surface area (Å²) in [6.45, 7) is 5.78. The average Bonchev–Trinajstić information content (AvgIpc) is 2.71. The van der Waals surface area contributed by atoms with Crippen LogP contribution in [0.15, 0.2) is 53.4 Å². The van der Waals surface area contributed by atoms with E-state index in [1.165, 1.54) is 24.3 Å². The second-order valence-corrected chi connectivity index (χ2v) is 8.34. The van der Waals surface area contributed by atoms with Gasteiger partial charge in [-0.3, -0.25) is 9.10 Å². The predicted molar refractivity (Wildman–Crippen MR) is 111 cm³/mol. The van der Waals surface area contributed by atoms with Gasteiger partial charge in [0, 0.05) is 6.04 Å². The Kier molecular flexibility index (Phi) is 8.01. The molecule has 29 heavy (non-hydrogen) atoms. The fourth-order valence-electron chi connectivity index (χ4n) is 2.82. The SMILES string of the molecule is CCOc1ccc(S(=O)(=O)N(CC(=O)NC(CC)CC)c2ccc(F)cc2)cc1. The summed E-state index contributed by atoms with van der Waals surface area (Å²) in [6, 6.07) is 10.9. The molecule has 1 N–H and O–H groups in total. The number of hydrogen-bond donors (Lipinski definition) is 1. The minimum absolute atomic E-state index is 0.0145. The third kappa shape index (κ3) is 5.93. The molecular formula is C21H27FN2O4S. The topological polar surface area (TPSA) is 75.7 Å². The standard InChI is InChI=1S/C21H27FN2O4S/c1-4-17(5-2)23-21(25)15-24(18-9-7-16(22)8-10-18)29(26,27)20-13-11-19(12-14-20)28-6-3/h7-14,17H,4-6,15H2,1-3H3,(H,23,25). The second-order valence-electron chi connectivity index (χ2n) is 6.47. The summed E-state index contributed by atoms with van der Waals surface area (Å²) in [7, 11) is -4.05. The van der Waals surface area contributed by atoms with Crippen molar-refractivity contribution in [3.63, 3.8) is 0 Å².